The van der Waals surface area contributed by atoms with Gasteiger partial charge in [0.05, 0.1) is 4.90 Å². The summed E-state index contributed by atoms with van der Waals surface area (Å²) in [4.78, 5) is 0.385. The minimum Gasteiger partial charge on any atom is -0.329 e. The molecule has 5 heteroatoms. The molecule has 118 valence electrons. The zero-order chi connectivity index (χ0) is 15.5. The van der Waals surface area contributed by atoms with Crippen LogP contribution in [0.15, 0.2) is 29.2 Å². The molecule has 0 bridgehead atoms. The first-order valence-electron chi connectivity index (χ1n) is 7.76. The molecule has 1 unspecified atom stereocenters. The van der Waals surface area contributed by atoms with Crippen molar-refractivity contribution in [2.45, 2.75) is 50.5 Å². The van der Waals surface area contributed by atoms with Gasteiger partial charge in [0.15, 0.2) is 0 Å². The van der Waals surface area contributed by atoms with Crippen molar-refractivity contribution in [3.05, 3.63) is 29.8 Å². The van der Waals surface area contributed by atoms with Crippen molar-refractivity contribution in [1.29, 1.82) is 0 Å². The second-order valence-corrected chi connectivity index (χ2v) is 8.13. The standard InChI is InChI=1S/C16H26N2O2S/c1-13(2)11-14-6-8-16(9-7-14)21(19,20)18-10-4-3-5-15(18)12-17/h6-9,13,15H,3-5,10-12,17H2,1-2H3. The highest BCUT2D eigenvalue weighted by Gasteiger charge is 2.32. The first-order chi connectivity index (χ1) is 9.95. The van der Waals surface area contributed by atoms with Crippen LogP contribution < -0.4 is 5.73 Å². The SMILES string of the molecule is CC(C)Cc1ccc(S(=O)(=O)N2CCCCC2CN)cc1. The number of piperidine rings is 1. The van der Waals surface area contributed by atoms with Gasteiger partial charge in [-0.15, -0.1) is 0 Å². The molecule has 1 aromatic carbocycles. The molecule has 1 atom stereocenters. The Balaban J connectivity index is 2.22. The Morgan fingerprint density at radius 2 is 1.90 bits per heavy atom. The quantitative estimate of drug-likeness (QED) is 0.908. The Bertz CT molecular complexity index is 552. The maximum atomic E-state index is 12.8. The van der Waals surface area contributed by atoms with Crippen LogP contribution in [0.25, 0.3) is 0 Å². The molecular formula is C16H26N2O2S. The molecule has 2 N–H and O–H groups in total. The number of benzene rings is 1. The van der Waals surface area contributed by atoms with Gasteiger partial charge in [-0.2, -0.15) is 4.31 Å². The molecule has 0 aromatic heterocycles. The van der Waals surface area contributed by atoms with E-state index in [1.807, 2.05) is 12.1 Å². The third-order valence-electron chi connectivity index (χ3n) is 4.02. The van der Waals surface area contributed by atoms with Crippen molar-refractivity contribution in [3.63, 3.8) is 0 Å². The number of sulfonamides is 1. The second-order valence-electron chi connectivity index (χ2n) is 6.24. The molecule has 4 nitrogen and oxygen atoms in total. The maximum Gasteiger partial charge on any atom is 0.243 e. The number of nitrogens with two attached hydrogens (primary N) is 1. The van der Waals surface area contributed by atoms with E-state index in [1.54, 1.807) is 16.4 Å². The molecule has 0 aliphatic carbocycles. The molecule has 21 heavy (non-hydrogen) atoms. The van der Waals surface area contributed by atoms with E-state index >= 15 is 0 Å². The van der Waals surface area contributed by atoms with Gasteiger partial charge in [-0.3, -0.25) is 0 Å². The summed E-state index contributed by atoms with van der Waals surface area (Å²) in [6, 6.07) is 7.26. The Hall–Kier alpha value is -0.910. The lowest BCUT2D eigenvalue weighted by atomic mass is 10.0. The van der Waals surface area contributed by atoms with Crippen LogP contribution in [0.5, 0.6) is 0 Å². The average Bonchev–Trinajstić information content (AvgIpc) is 2.47. The van der Waals surface area contributed by atoms with Crippen molar-refractivity contribution in [1.82, 2.24) is 4.31 Å². The third kappa shape index (κ3) is 3.84. The number of hydrogen-bond acceptors (Lipinski definition) is 3. The van der Waals surface area contributed by atoms with Gasteiger partial charge < -0.3 is 5.73 Å². The van der Waals surface area contributed by atoms with Gasteiger partial charge in [0.25, 0.3) is 0 Å². The van der Waals surface area contributed by atoms with Crippen molar-refractivity contribution in [3.8, 4) is 0 Å². The fourth-order valence-corrected chi connectivity index (χ4v) is 4.63. The second kappa shape index (κ2) is 6.90. The Kier molecular flexibility index (Phi) is 5.41. The summed E-state index contributed by atoms with van der Waals surface area (Å²) in [6.45, 7) is 5.29. The van der Waals surface area contributed by atoms with E-state index in [1.165, 1.54) is 5.56 Å². The minimum atomic E-state index is -3.42. The van der Waals surface area contributed by atoms with Crippen LogP contribution in [-0.4, -0.2) is 31.9 Å². The normalized spacial score (nSPS) is 20.9. The molecular weight excluding hydrogens is 284 g/mol. The molecule has 0 amide bonds. The van der Waals surface area contributed by atoms with Gasteiger partial charge in [-0.1, -0.05) is 32.4 Å². The van der Waals surface area contributed by atoms with Crippen molar-refractivity contribution in [2.24, 2.45) is 11.7 Å². The van der Waals surface area contributed by atoms with Crippen LogP contribution in [-0.2, 0) is 16.4 Å². The molecule has 1 aromatic rings. The summed E-state index contributed by atoms with van der Waals surface area (Å²) in [5, 5.41) is 0. The summed E-state index contributed by atoms with van der Waals surface area (Å²) < 4.78 is 27.1. The predicted molar refractivity (Wildman–Crippen MR) is 85.6 cm³/mol. The molecule has 1 aliphatic rings. The number of rotatable bonds is 5. The molecule has 0 radical (unpaired) electrons. The van der Waals surface area contributed by atoms with Gasteiger partial charge in [0.2, 0.25) is 10.0 Å². The molecule has 1 fully saturated rings. The molecule has 2 rings (SSSR count). The van der Waals surface area contributed by atoms with Crippen molar-refractivity contribution >= 4 is 10.0 Å². The van der Waals surface area contributed by atoms with Gasteiger partial charge in [0.1, 0.15) is 0 Å². The van der Waals surface area contributed by atoms with Crippen molar-refractivity contribution < 1.29 is 8.42 Å². The van der Waals surface area contributed by atoms with Crippen LogP contribution in [0.1, 0.15) is 38.7 Å². The smallest absolute Gasteiger partial charge is 0.243 e. The number of nitrogens with zero attached hydrogens (tertiary/aromatic N) is 1. The fourth-order valence-electron chi connectivity index (χ4n) is 2.93. The lowest BCUT2D eigenvalue weighted by Gasteiger charge is -2.33. The monoisotopic (exact) mass is 310 g/mol. The van der Waals surface area contributed by atoms with Crippen LogP contribution in [0.2, 0.25) is 0 Å². The van der Waals surface area contributed by atoms with Crippen LogP contribution in [0, 0.1) is 5.92 Å². The Labute approximate surface area is 128 Å². The summed E-state index contributed by atoms with van der Waals surface area (Å²) >= 11 is 0. The predicted octanol–water partition coefficient (Wildman–Crippen LogP) is 2.39. The van der Waals surface area contributed by atoms with Crippen LogP contribution in [0.4, 0.5) is 0 Å². The lowest BCUT2D eigenvalue weighted by molar-refractivity contribution is 0.257. The van der Waals surface area contributed by atoms with Gasteiger partial charge in [-0.05, 0) is 42.9 Å². The van der Waals surface area contributed by atoms with E-state index in [2.05, 4.69) is 13.8 Å². The largest absolute Gasteiger partial charge is 0.329 e. The molecule has 1 aliphatic heterocycles. The van der Waals surface area contributed by atoms with E-state index in [0.717, 1.165) is 25.7 Å². The van der Waals surface area contributed by atoms with E-state index in [0.29, 0.717) is 23.9 Å². The highest BCUT2D eigenvalue weighted by molar-refractivity contribution is 7.89. The first kappa shape index (κ1) is 16.5. The van der Waals surface area contributed by atoms with E-state index in [-0.39, 0.29) is 6.04 Å². The Morgan fingerprint density at radius 3 is 2.48 bits per heavy atom. The molecule has 0 spiro atoms. The van der Waals surface area contributed by atoms with Gasteiger partial charge in [0, 0.05) is 19.1 Å². The van der Waals surface area contributed by atoms with Crippen molar-refractivity contribution in [2.75, 3.05) is 13.1 Å². The minimum absolute atomic E-state index is 0.0564. The first-order valence-corrected chi connectivity index (χ1v) is 9.20. The molecule has 1 saturated heterocycles. The number of hydrogen-bond donors (Lipinski definition) is 1. The van der Waals surface area contributed by atoms with E-state index in [9.17, 15) is 8.42 Å². The van der Waals surface area contributed by atoms with E-state index in [4.69, 9.17) is 5.73 Å². The van der Waals surface area contributed by atoms with Gasteiger partial charge in [-0.25, -0.2) is 8.42 Å². The summed E-state index contributed by atoms with van der Waals surface area (Å²) in [7, 11) is -3.42. The Morgan fingerprint density at radius 1 is 1.24 bits per heavy atom. The van der Waals surface area contributed by atoms with Gasteiger partial charge >= 0.3 is 0 Å². The average molecular weight is 310 g/mol. The van der Waals surface area contributed by atoms with Crippen LogP contribution >= 0.6 is 0 Å². The molecule has 1 heterocycles. The summed E-state index contributed by atoms with van der Waals surface area (Å²) in [5.41, 5.74) is 6.92. The topological polar surface area (TPSA) is 63.4 Å². The highest BCUT2D eigenvalue weighted by Crippen LogP contribution is 2.25. The lowest BCUT2D eigenvalue weighted by Crippen LogP contribution is -2.47. The summed E-state index contributed by atoms with van der Waals surface area (Å²) in [5.74, 6) is 0.566. The van der Waals surface area contributed by atoms with Crippen LogP contribution in [0.3, 0.4) is 0 Å². The molecule has 0 saturated carbocycles. The van der Waals surface area contributed by atoms with E-state index < -0.39 is 10.0 Å². The maximum absolute atomic E-state index is 12.8. The zero-order valence-electron chi connectivity index (χ0n) is 13.0. The third-order valence-corrected chi connectivity index (χ3v) is 5.99. The fraction of sp³-hybridized carbons (Fsp3) is 0.625. The zero-order valence-corrected chi connectivity index (χ0v) is 13.8. The summed E-state index contributed by atoms with van der Waals surface area (Å²) in [6.07, 6.45) is 3.80. The highest BCUT2D eigenvalue weighted by atomic mass is 32.2.